The zero-order valence-corrected chi connectivity index (χ0v) is 9.83. The van der Waals surface area contributed by atoms with Crippen LogP contribution >= 0.6 is 0 Å². The number of aliphatic carboxylic acids is 3. The second-order valence-corrected chi connectivity index (χ2v) is 3.18. The Morgan fingerprint density at radius 3 is 1.56 bits per heavy atom. The number of carboxylic acid groups (broad SMARTS) is 3. The molecule has 1 rings (SSSR count). The van der Waals surface area contributed by atoms with Gasteiger partial charge in [0.05, 0.1) is 13.1 Å². The molecule has 0 aromatic carbocycles. The minimum absolute atomic E-state index is 0.269. The third-order valence-corrected chi connectivity index (χ3v) is 1.71. The van der Waals surface area contributed by atoms with Gasteiger partial charge in [-0.1, -0.05) is 0 Å². The fraction of sp³-hybridized carbons (Fsp3) is 0.667. The summed E-state index contributed by atoms with van der Waals surface area (Å²) in [6.45, 7) is 0.303. The number of hydrogen-bond acceptors (Lipinski definition) is 6. The molecule has 1 aliphatic rings. The summed E-state index contributed by atoms with van der Waals surface area (Å²) < 4.78 is 0. The largest absolute Gasteiger partial charge is 0.480 e. The van der Waals surface area contributed by atoms with E-state index < -0.39 is 17.9 Å². The van der Waals surface area contributed by atoms with E-state index in [4.69, 9.17) is 15.3 Å². The Hall–Kier alpha value is -1.71. The molecule has 0 saturated carbocycles. The van der Waals surface area contributed by atoms with Gasteiger partial charge in [-0.2, -0.15) is 0 Å². The van der Waals surface area contributed by atoms with E-state index in [-0.39, 0.29) is 19.1 Å². The van der Waals surface area contributed by atoms with Crippen molar-refractivity contribution in [3.05, 3.63) is 0 Å². The molecule has 18 heavy (non-hydrogen) atoms. The Morgan fingerprint density at radius 1 is 1.06 bits per heavy atom. The maximum Gasteiger partial charge on any atom is 0.320 e. The molecule has 0 spiro atoms. The summed E-state index contributed by atoms with van der Waals surface area (Å²) in [5, 5.41) is 26.4. The highest BCUT2D eigenvalue weighted by Gasteiger charge is 2.20. The predicted molar refractivity (Wildman–Crippen MR) is 62.0 cm³/mol. The van der Waals surface area contributed by atoms with E-state index in [0.29, 0.717) is 0 Å². The molecule has 0 aromatic heterocycles. The van der Waals surface area contributed by atoms with E-state index in [1.807, 2.05) is 0 Å². The molecule has 1 heterocycles. The van der Waals surface area contributed by atoms with Crippen LogP contribution in [0.15, 0.2) is 0 Å². The van der Waals surface area contributed by atoms with Crippen LogP contribution in [-0.2, 0) is 14.4 Å². The smallest absolute Gasteiger partial charge is 0.320 e. The molecule has 9 heteroatoms. The standard InChI is InChI=1S/C5H9NO2.2C2H5NO2/c7-5(8)4-2-1-3-6-4;2*3-1-2(4)5/h4,6H,1-3H2,(H,7,8);2*1,3H2,(H,4,5). The van der Waals surface area contributed by atoms with Crippen molar-refractivity contribution in [2.75, 3.05) is 19.6 Å². The average Bonchev–Trinajstić information content (AvgIpc) is 2.84. The van der Waals surface area contributed by atoms with Crippen molar-refractivity contribution in [1.29, 1.82) is 0 Å². The molecule has 1 atom stereocenters. The van der Waals surface area contributed by atoms with Gasteiger partial charge in [0.2, 0.25) is 0 Å². The summed E-state index contributed by atoms with van der Waals surface area (Å²) in [5.74, 6) is -2.66. The Balaban J connectivity index is 0. The molecule has 0 amide bonds. The van der Waals surface area contributed by atoms with Gasteiger partial charge in [0.15, 0.2) is 0 Å². The zero-order valence-electron chi connectivity index (χ0n) is 9.83. The molecule has 8 N–H and O–H groups in total. The van der Waals surface area contributed by atoms with Crippen molar-refractivity contribution >= 4 is 17.9 Å². The SMILES string of the molecule is NCC(=O)O.NCC(=O)O.O=C(O)C1CCCN1. The molecular formula is C9H19N3O6. The maximum atomic E-state index is 10.1. The van der Waals surface area contributed by atoms with Crippen LogP contribution < -0.4 is 16.8 Å². The first-order valence-corrected chi connectivity index (χ1v) is 5.15. The van der Waals surface area contributed by atoms with Crippen molar-refractivity contribution in [1.82, 2.24) is 5.32 Å². The lowest BCUT2D eigenvalue weighted by atomic mass is 10.2. The molecule has 1 unspecified atom stereocenters. The van der Waals surface area contributed by atoms with E-state index in [1.165, 1.54) is 0 Å². The van der Waals surface area contributed by atoms with Gasteiger partial charge < -0.3 is 32.1 Å². The first-order valence-electron chi connectivity index (χ1n) is 5.15. The van der Waals surface area contributed by atoms with Crippen LogP contribution in [-0.4, -0.2) is 58.9 Å². The third kappa shape index (κ3) is 14.3. The van der Waals surface area contributed by atoms with E-state index in [1.54, 1.807) is 0 Å². The third-order valence-electron chi connectivity index (χ3n) is 1.71. The lowest BCUT2D eigenvalue weighted by Gasteiger charge is -1.99. The van der Waals surface area contributed by atoms with Crippen LogP contribution in [0.1, 0.15) is 12.8 Å². The Morgan fingerprint density at radius 2 is 1.44 bits per heavy atom. The van der Waals surface area contributed by atoms with Crippen molar-refractivity contribution in [2.45, 2.75) is 18.9 Å². The molecule has 1 fully saturated rings. The van der Waals surface area contributed by atoms with Crippen molar-refractivity contribution in [3.8, 4) is 0 Å². The van der Waals surface area contributed by atoms with Gasteiger partial charge >= 0.3 is 17.9 Å². The van der Waals surface area contributed by atoms with Gasteiger partial charge in [-0.05, 0) is 19.4 Å². The number of hydrogen-bond donors (Lipinski definition) is 6. The van der Waals surface area contributed by atoms with Crippen molar-refractivity contribution < 1.29 is 29.7 Å². The molecule has 106 valence electrons. The molecule has 0 aliphatic carbocycles. The van der Waals surface area contributed by atoms with E-state index in [0.717, 1.165) is 19.4 Å². The second kappa shape index (κ2) is 11.8. The number of carbonyl (C=O) groups is 3. The quantitative estimate of drug-likeness (QED) is 0.333. The first-order chi connectivity index (χ1) is 8.34. The molecular weight excluding hydrogens is 246 g/mol. The zero-order chi connectivity index (χ0) is 14.6. The fourth-order valence-corrected chi connectivity index (χ4v) is 0.895. The minimum Gasteiger partial charge on any atom is -0.480 e. The highest BCUT2D eigenvalue weighted by atomic mass is 16.4. The van der Waals surface area contributed by atoms with Gasteiger partial charge in [0, 0.05) is 0 Å². The van der Waals surface area contributed by atoms with Crippen LogP contribution in [0.4, 0.5) is 0 Å². The Kier molecular flexibility index (Phi) is 12.2. The van der Waals surface area contributed by atoms with Gasteiger partial charge in [0.25, 0.3) is 0 Å². The van der Waals surface area contributed by atoms with Crippen LogP contribution in [0.25, 0.3) is 0 Å². The minimum atomic E-state index is -0.968. The number of rotatable bonds is 3. The van der Waals surface area contributed by atoms with Crippen LogP contribution in [0.2, 0.25) is 0 Å². The highest BCUT2D eigenvalue weighted by molar-refractivity contribution is 5.73. The first kappa shape index (κ1) is 18.6. The predicted octanol–water partition coefficient (Wildman–Crippen LogP) is -2.12. The van der Waals surface area contributed by atoms with Crippen LogP contribution in [0, 0.1) is 0 Å². The number of nitrogens with two attached hydrogens (primary N) is 2. The molecule has 1 aliphatic heterocycles. The second-order valence-electron chi connectivity index (χ2n) is 3.18. The topological polar surface area (TPSA) is 176 Å². The van der Waals surface area contributed by atoms with Crippen LogP contribution in [0.3, 0.4) is 0 Å². The molecule has 0 bridgehead atoms. The molecule has 9 nitrogen and oxygen atoms in total. The Bertz CT molecular complexity index is 251. The van der Waals surface area contributed by atoms with E-state index in [2.05, 4.69) is 16.8 Å². The lowest BCUT2D eigenvalue weighted by molar-refractivity contribution is -0.139. The Labute approximate surface area is 104 Å². The fourth-order valence-electron chi connectivity index (χ4n) is 0.895. The molecule has 1 saturated heterocycles. The summed E-state index contributed by atoms with van der Waals surface area (Å²) in [6, 6.07) is -0.269. The molecule has 0 aromatic rings. The average molecular weight is 265 g/mol. The summed E-state index contributed by atoms with van der Waals surface area (Å²) in [5.41, 5.74) is 9.14. The maximum absolute atomic E-state index is 10.1. The summed E-state index contributed by atoms with van der Waals surface area (Å²) in [7, 11) is 0. The van der Waals surface area contributed by atoms with Gasteiger partial charge in [0.1, 0.15) is 6.04 Å². The van der Waals surface area contributed by atoms with Gasteiger partial charge in [-0.15, -0.1) is 0 Å². The summed E-state index contributed by atoms with van der Waals surface area (Å²) in [6.07, 6.45) is 1.78. The van der Waals surface area contributed by atoms with Crippen molar-refractivity contribution in [2.24, 2.45) is 11.5 Å². The highest BCUT2D eigenvalue weighted by Crippen LogP contribution is 2.03. The van der Waals surface area contributed by atoms with Gasteiger partial charge in [-0.25, -0.2) is 0 Å². The van der Waals surface area contributed by atoms with Crippen LogP contribution in [0.5, 0.6) is 0 Å². The van der Waals surface area contributed by atoms with Gasteiger partial charge in [-0.3, -0.25) is 14.4 Å². The number of carboxylic acids is 3. The normalized spacial score (nSPS) is 16.7. The summed E-state index contributed by atoms with van der Waals surface area (Å²) in [4.78, 5) is 28.6. The molecule has 0 radical (unpaired) electrons. The monoisotopic (exact) mass is 265 g/mol. The number of nitrogens with one attached hydrogen (secondary N) is 1. The van der Waals surface area contributed by atoms with Crippen molar-refractivity contribution in [3.63, 3.8) is 0 Å². The summed E-state index contributed by atoms with van der Waals surface area (Å²) >= 11 is 0. The lowest BCUT2D eigenvalue weighted by Crippen LogP contribution is -2.29. The van der Waals surface area contributed by atoms with E-state index in [9.17, 15) is 14.4 Å². The van der Waals surface area contributed by atoms with E-state index >= 15 is 0 Å².